The van der Waals surface area contributed by atoms with Gasteiger partial charge in [-0.2, -0.15) is 0 Å². The summed E-state index contributed by atoms with van der Waals surface area (Å²) in [6, 6.07) is 71.1. The Balaban J connectivity index is 0.000000158. The van der Waals surface area contributed by atoms with Gasteiger partial charge in [0.2, 0.25) is 0 Å². The summed E-state index contributed by atoms with van der Waals surface area (Å²) >= 11 is 18.8. The fourth-order valence-electron chi connectivity index (χ4n) is 13.0. The van der Waals surface area contributed by atoms with E-state index in [1.807, 2.05) is 180 Å². The first-order valence-electron chi connectivity index (χ1n) is 38.8. The van der Waals surface area contributed by atoms with Gasteiger partial charge in [0.1, 0.15) is 50.5 Å². The Labute approximate surface area is 721 Å². The molecule has 0 amide bonds. The molecule has 20 rings (SSSR count). The Morgan fingerprint density at radius 3 is 1.14 bits per heavy atom. The fraction of sp³-hybridized carbons (Fsp3) is 0.200. The van der Waals surface area contributed by atoms with Crippen molar-refractivity contribution in [3.63, 3.8) is 0 Å². The van der Waals surface area contributed by atoms with Crippen LogP contribution in [0.4, 0.5) is 0 Å². The van der Waals surface area contributed by atoms with E-state index in [1.165, 1.54) is 31.5 Å². The highest BCUT2D eigenvalue weighted by atomic mass is 79.9. The third kappa shape index (κ3) is 22.1. The molecule has 0 aliphatic rings. The van der Waals surface area contributed by atoms with Crippen LogP contribution in [-0.4, -0.2) is 74.9 Å². The number of hydrogen-bond acceptors (Lipinski definition) is 15. The fourth-order valence-corrected chi connectivity index (χ4v) is 13.0. The van der Waals surface area contributed by atoms with Gasteiger partial charge in [-0.3, -0.25) is 14.4 Å². The number of pyridine rings is 5. The van der Waals surface area contributed by atoms with Crippen molar-refractivity contribution in [3.8, 4) is 11.6 Å². The number of aliphatic hydroxyl groups excluding tert-OH is 2. The monoisotopic (exact) mass is 1830 g/mol. The number of fused-ring (bicyclic) bond motifs is 25. The molecule has 0 aliphatic heterocycles. The summed E-state index contributed by atoms with van der Waals surface area (Å²) in [4.78, 5) is 63.2. The number of alkyl halides is 2. The van der Waals surface area contributed by atoms with E-state index in [1.54, 1.807) is 25.3 Å². The maximum Gasteiger partial charge on any atom is 0.369 e. The van der Waals surface area contributed by atoms with Gasteiger partial charge in [0.05, 0.1) is 39.8 Å². The summed E-state index contributed by atoms with van der Waals surface area (Å²) < 4.78 is 35.0. The predicted molar refractivity (Wildman–Crippen MR) is 508 cm³/mol. The van der Waals surface area contributed by atoms with E-state index < -0.39 is 0 Å². The molecular weight excluding hydrogens is 1740 g/mol. The predicted octanol–water partition coefficient (Wildman–Crippen LogP) is 27.0. The summed E-state index contributed by atoms with van der Waals surface area (Å²) in [5.74, 6) is 0.986. The molecule has 20 aromatic rings. The number of carbonyl (C=O) groups excluding carboxylic acids is 1. The lowest BCUT2D eigenvalue weighted by atomic mass is 10.1. The molecule has 0 unspecified atom stereocenters. The first-order chi connectivity index (χ1) is 57.6. The third-order valence-electron chi connectivity index (χ3n) is 18.2. The van der Waals surface area contributed by atoms with Crippen LogP contribution >= 0.6 is 70.5 Å². The normalized spacial score (nSPS) is 10.5. The average molecular weight is 1830 g/mol. The van der Waals surface area contributed by atoms with E-state index >= 15 is 0 Å². The second kappa shape index (κ2) is 44.6. The van der Waals surface area contributed by atoms with Gasteiger partial charge < -0.3 is 61.9 Å². The van der Waals surface area contributed by atoms with Crippen LogP contribution in [0, 0.1) is 20.8 Å². The number of nitrogens with zero attached hydrogens (tertiary/aromatic N) is 2. The molecule has 119 heavy (non-hydrogen) atoms. The zero-order chi connectivity index (χ0) is 86.0. The van der Waals surface area contributed by atoms with Crippen molar-refractivity contribution in [1.82, 2.24) is 24.9 Å². The number of aromatic amines is 3. The number of unbranched alkanes of at least 4 members (excludes halogenated alkanes) is 2. The van der Waals surface area contributed by atoms with E-state index in [4.69, 9.17) is 70.2 Å². The van der Waals surface area contributed by atoms with Crippen molar-refractivity contribution in [3.05, 3.63) is 272 Å². The van der Waals surface area contributed by atoms with Gasteiger partial charge in [-0.05, 0) is 132 Å². The quantitative estimate of drug-likeness (QED) is 0.0690. The number of ketones is 1. The second-order valence-corrected chi connectivity index (χ2v) is 33.6. The van der Waals surface area contributed by atoms with Gasteiger partial charge in [-0.1, -0.05) is 188 Å². The van der Waals surface area contributed by atoms with Crippen molar-refractivity contribution >= 4 is 244 Å². The molecular formula is C95H93BBr3Cl2N5O13. The summed E-state index contributed by atoms with van der Waals surface area (Å²) in [7, 11) is 1.61. The molecule has 18 nitrogen and oxygen atoms in total. The number of H-pyrrole nitrogens is 3. The van der Waals surface area contributed by atoms with Crippen LogP contribution in [0.5, 0.6) is 11.6 Å². The number of Topliss-reactive ketones (excluding diaryl/α,β-unsaturated/α-hetero) is 1. The molecule has 0 radical (unpaired) electrons. The maximum absolute atomic E-state index is 12.1. The Hall–Kier alpha value is -11.1. The van der Waals surface area contributed by atoms with Crippen LogP contribution in [0.2, 0.25) is 0 Å². The minimum atomic E-state index is -0.105. The largest absolute Gasteiger partial charge is 0.497 e. The molecule has 0 spiro atoms. The van der Waals surface area contributed by atoms with Gasteiger partial charge in [-0.15, -0.1) is 70.5 Å². The minimum absolute atomic E-state index is 0.0790. The summed E-state index contributed by atoms with van der Waals surface area (Å²) in [6.45, 7) is 22.0. The molecule has 614 valence electrons. The highest BCUT2D eigenvalue weighted by Crippen LogP contribution is 2.39. The zero-order valence-electron chi connectivity index (χ0n) is 68.1. The number of aliphatic hydroxyl groups is 2. The number of furan rings is 5. The number of para-hydroxylation sites is 2. The van der Waals surface area contributed by atoms with E-state index in [2.05, 4.69) is 138 Å². The van der Waals surface area contributed by atoms with E-state index in [0.29, 0.717) is 57.2 Å². The number of ether oxygens (including phenoxy) is 1. The van der Waals surface area contributed by atoms with Crippen LogP contribution in [0.1, 0.15) is 98.0 Å². The highest BCUT2D eigenvalue weighted by Gasteiger charge is 2.19. The molecule has 10 aromatic carbocycles. The Morgan fingerprint density at radius 2 is 0.714 bits per heavy atom. The van der Waals surface area contributed by atoms with Gasteiger partial charge in [0.15, 0.2) is 39.2 Å². The van der Waals surface area contributed by atoms with Crippen molar-refractivity contribution in [1.29, 1.82) is 0 Å². The number of aryl methyl sites for hydroxylation is 3. The molecule has 10 heterocycles. The average Bonchev–Trinajstić information content (AvgIpc) is 1.71. The number of aromatic nitrogens is 5. The summed E-state index contributed by atoms with van der Waals surface area (Å²) in [6.07, 6.45) is 4.08. The van der Waals surface area contributed by atoms with Crippen molar-refractivity contribution in [2.24, 2.45) is 0 Å². The molecule has 10 aromatic heterocycles. The van der Waals surface area contributed by atoms with Gasteiger partial charge in [-0.25, -0.2) is 9.97 Å². The Morgan fingerprint density at radius 1 is 0.412 bits per heavy atom. The Kier molecular flexibility index (Phi) is 34.4. The number of halogens is 5. The molecule has 0 saturated carbocycles. The molecule has 6 N–H and O–H groups in total. The van der Waals surface area contributed by atoms with Crippen LogP contribution in [0.3, 0.4) is 0 Å². The molecule has 0 bridgehead atoms. The SMILES string of the molecule is BrB(Br)Br.CC.CC.CC(C)=O.CCCCO.CCCCO.COc1ccc2c(c1)oc1c3ccccc3c(=O)[nH]c21.Cc1ccc2c(c1)oc1c3ccccc3c(C)nc21.Cc1nc2c3ccccc3oc2c2ccccc12.ClCCl.O=c1[nH]c2c3ccccc3oc2c2ccccc12.O=c1ccc2c(c1)oc1c3ccccc3c(O)[nH]c21. The van der Waals surface area contributed by atoms with Gasteiger partial charge >= 0.3 is 3.18 Å². The van der Waals surface area contributed by atoms with Crippen LogP contribution in [0.25, 0.3) is 164 Å². The molecule has 0 fully saturated rings. The third-order valence-corrected chi connectivity index (χ3v) is 18.2. The number of methoxy groups -OCH3 is 1. The number of carbonyl (C=O) groups is 1. The van der Waals surface area contributed by atoms with Crippen LogP contribution in [-0.2, 0) is 4.79 Å². The van der Waals surface area contributed by atoms with Gasteiger partial charge in [0, 0.05) is 107 Å². The zero-order valence-corrected chi connectivity index (χ0v) is 74.4. The van der Waals surface area contributed by atoms with Crippen molar-refractivity contribution in [2.45, 2.75) is 102 Å². The first kappa shape index (κ1) is 91.8. The lowest BCUT2D eigenvalue weighted by Crippen LogP contribution is -2.05. The lowest BCUT2D eigenvalue weighted by molar-refractivity contribution is -0.115. The van der Waals surface area contributed by atoms with Crippen molar-refractivity contribution < 1.29 is 46.9 Å². The molecule has 0 aliphatic carbocycles. The second-order valence-electron chi connectivity index (χ2n) is 26.4. The number of benzene rings is 10. The first-order valence-corrected chi connectivity index (χ1v) is 42.6. The smallest absolute Gasteiger partial charge is 0.369 e. The highest BCUT2D eigenvalue weighted by molar-refractivity contribution is 9.69. The molecule has 24 heteroatoms. The van der Waals surface area contributed by atoms with E-state index in [-0.39, 0.29) is 36.7 Å². The molecule has 0 saturated heterocycles. The summed E-state index contributed by atoms with van der Waals surface area (Å²) in [5.41, 5.74) is 14.8. The van der Waals surface area contributed by atoms with E-state index in [9.17, 15) is 24.3 Å². The molecule has 0 atom stereocenters. The maximum atomic E-state index is 12.1. The van der Waals surface area contributed by atoms with Crippen molar-refractivity contribution in [2.75, 3.05) is 25.7 Å². The van der Waals surface area contributed by atoms with Crippen LogP contribution < -0.4 is 21.3 Å². The summed E-state index contributed by atoms with van der Waals surface area (Å²) in [5, 5.41) is 40.2. The number of rotatable bonds is 5. The number of aromatic hydroxyl groups is 1. The lowest BCUT2D eigenvalue weighted by Gasteiger charge is -2.01. The minimum Gasteiger partial charge on any atom is -0.497 e. The number of nitrogens with one attached hydrogen (secondary N) is 3. The standard InChI is InChI=1S/C17H13NO.C16H11NO3.C16H11NO.C15H9NO3.C15H9NO2.2C4H10O.C3H6O.2C2H6.CH2Cl2.BBr3/c1-10-7-8-14-15(9-10)19-17-13-6-4-3-5-12(13)11(2)18-16(14)17;1-19-9-6-7-12-13(8-9)20-15-10-4-2-3-5-11(10)16(18)17-14(12)15;1-10-11-6-2-3-7-12(11)16-15(17-10)13-8-4-5-9-14(13)18-16;17-8-5-6-11-12(7-8)19-14-9-3-1-2-4-10(9)15(18)16-13(11)14;17-15-10-6-2-1-5-9(10)14-13(16-15)11-7-3-4-8-12(11)18-14;2*1-2-3-4-5;1-3(2)4;2*1-2;2-1-3;2-1(3)4/h3-9H,1-2H3;2-8H,1H3,(H,17,18);2-9H,1H3;1-7,16,18H;1-8H,(H,16,17);2*5H,2-4H2,1H3;1-2H3;2*1-2H3;1H2;. The Bertz CT molecular complexity index is 7000. The van der Waals surface area contributed by atoms with E-state index in [0.717, 1.165) is 163 Å². The van der Waals surface area contributed by atoms with Gasteiger partial charge in [0.25, 0.3) is 11.1 Å². The van der Waals surface area contributed by atoms with Crippen LogP contribution in [0.15, 0.2) is 261 Å². The number of hydrogen-bond donors (Lipinski definition) is 6. The topological polar surface area (TPSA) is 277 Å².